The van der Waals surface area contributed by atoms with E-state index in [4.69, 9.17) is 0 Å². The summed E-state index contributed by atoms with van der Waals surface area (Å²) < 4.78 is 0. The molecule has 0 spiro atoms. The number of allylic oxidation sites excluding steroid dienone is 1. The number of hydrogen-bond donors (Lipinski definition) is 0. The number of rotatable bonds is 7. The molecule has 0 aromatic heterocycles. The molecular formula is C30H36. The van der Waals surface area contributed by atoms with Crippen LogP contribution in [0.25, 0.3) is 28.0 Å². The van der Waals surface area contributed by atoms with Crippen molar-refractivity contribution >= 4 is 16.8 Å². The van der Waals surface area contributed by atoms with Crippen molar-refractivity contribution < 1.29 is 0 Å². The van der Waals surface area contributed by atoms with Gasteiger partial charge in [-0.05, 0) is 76.8 Å². The minimum Gasteiger partial charge on any atom is -0.0871 e. The zero-order valence-corrected chi connectivity index (χ0v) is 18.7. The van der Waals surface area contributed by atoms with E-state index in [9.17, 15) is 0 Å². The normalized spacial score (nSPS) is 19.5. The molecule has 0 heteroatoms. The summed E-state index contributed by atoms with van der Waals surface area (Å²) in [6.45, 7) is 4.39. The quantitative estimate of drug-likeness (QED) is 0.373. The summed E-state index contributed by atoms with van der Waals surface area (Å²) in [7, 11) is 0. The molecule has 0 atom stereocenters. The summed E-state index contributed by atoms with van der Waals surface area (Å²) in [5.74, 6) is 1.97. The maximum atomic E-state index is 2.34. The van der Waals surface area contributed by atoms with E-state index in [0.717, 1.165) is 11.8 Å². The van der Waals surface area contributed by atoms with Crippen LogP contribution < -0.4 is 0 Å². The largest absolute Gasteiger partial charge is 0.0871 e. The van der Waals surface area contributed by atoms with E-state index in [0.29, 0.717) is 0 Å². The summed E-state index contributed by atoms with van der Waals surface area (Å²) in [5.41, 5.74) is 5.38. The van der Waals surface area contributed by atoms with Crippen molar-refractivity contribution in [1.82, 2.24) is 0 Å². The number of hydrogen-bond acceptors (Lipinski definition) is 0. The van der Waals surface area contributed by atoms with Crippen LogP contribution in [0.15, 0.2) is 66.7 Å². The molecule has 1 aliphatic rings. The summed E-state index contributed by atoms with van der Waals surface area (Å²) >= 11 is 0. The van der Waals surface area contributed by atoms with Crippen LogP contribution in [0.5, 0.6) is 0 Å². The van der Waals surface area contributed by atoms with Crippen LogP contribution in [0.4, 0.5) is 0 Å². The van der Waals surface area contributed by atoms with Crippen LogP contribution in [-0.2, 0) is 6.42 Å². The van der Waals surface area contributed by atoms with Crippen molar-refractivity contribution in [2.24, 2.45) is 11.8 Å². The third kappa shape index (κ3) is 5.22. The predicted octanol–water partition coefficient (Wildman–Crippen LogP) is 9.08. The first kappa shape index (κ1) is 20.9. The standard InChI is InChI=1S/C30H36/c1-3-5-23-7-9-24(10-8-23)11-12-25-13-16-27(17-14-25)29-20-19-28-21-26(6-4-2)15-18-30(28)22-29/h4,6,13-24H,3,5,7-12H2,1-2H3/b6-4+. The van der Waals surface area contributed by atoms with Crippen LogP contribution >= 0.6 is 0 Å². The highest BCUT2D eigenvalue weighted by Gasteiger charge is 2.20. The lowest BCUT2D eigenvalue weighted by molar-refractivity contribution is 0.252. The van der Waals surface area contributed by atoms with E-state index in [1.165, 1.54) is 84.4 Å². The molecule has 0 unspecified atom stereocenters. The molecule has 0 heterocycles. The van der Waals surface area contributed by atoms with Gasteiger partial charge in [-0.2, -0.15) is 0 Å². The molecule has 0 nitrogen and oxygen atoms in total. The lowest BCUT2D eigenvalue weighted by Crippen LogP contribution is -2.15. The van der Waals surface area contributed by atoms with Gasteiger partial charge in [0.05, 0.1) is 0 Å². The van der Waals surface area contributed by atoms with Crippen molar-refractivity contribution in [3.63, 3.8) is 0 Å². The fourth-order valence-corrected chi connectivity index (χ4v) is 5.19. The predicted molar refractivity (Wildman–Crippen MR) is 133 cm³/mol. The lowest BCUT2D eigenvalue weighted by atomic mass is 9.78. The molecule has 1 saturated carbocycles. The topological polar surface area (TPSA) is 0 Å². The SMILES string of the molecule is C/C=C/c1ccc2cc(-c3ccc(CCC4CCC(CCC)CC4)cc3)ccc2c1. The fourth-order valence-electron chi connectivity index (χ4n) is 5.19. The summed E-state index contributed by atoms with van der Waals surface area (Å²) in [4.78, 5) is 0. The van der Waals surface area contributed by atoms with E-state index in [1.54, 1.807) is 0 Å². The molecule has 0 radical (unpaired) electrons. The van der Waals surface area contributed by atoms with Gasteiger partial charge in [0.15, 0.2) is 0 Å². The van der Waals surface area contributed by atoms with Crippen molar-refractivity contribution in [3.05, 3.63) is 77.9 Å². The van der Waals surface area contributed by atoms with Gasteiger partial charge in [0.2, 0.25) is 0 Å². The highest BCUT2D eigenvalue weighted by molar-refractivity contribution is 5.89. The van der Waals surface area contributed by atoms with E-state index >= 15 is 0 Å². The molecule has 3 aromatic rings. The second-order valence-electron chi connectivity index (χ2n) is 9.23. The van der Waals surface area contributed by atoms with Gasteiger partial charge in [0, 0.05) is 0 Å². The Kier molecular flexibility index (Phi) is 7.05. The third-order valence-corrected chi connectivity index (χ3v) is 7.02. The molecular weight excluding hydrogens is 360 g/mol. The maximum absolute atomic E-state index is 2.34. The second-order valence-corrected chi connectivity index (χ2v) is 9.23. The third-order valence-electron chi connectivity index (χ3n) is 7.02. The molecule has 0 bridgehead atoms. The average molecular weight is 397 g/mol. The smallest absolute Gasteiger partial charge is 0.0177 e. The first-order chi connectivity index (χ1) is 14.7. The molecule has 0 amide bonds. The minimum atomic E-state index is 0.950. The summed E-state index contributed by atoms with van der Waals surface area (Å²) in [6.07, 6.45) is 15.5. The van der Waals surface area contributed by atoms with E-state index in [-0.39, 0.29) is 0 Å². The molecule has 0 saturated heterocycles. The summed E-state index contributed by atoms with van der Waals surface area (Å²) in [5, 5.41) is 2.61. The monoisotopic (exact) mass is 396 g/mol. The molecule has 4 rings (SSSR count). The molecule has 1 aliphatic carbocycles. The highest BCUT2D eigenvalue weighted by Crippen LogP contribution is 2.34. The van der Waals surface area contributed by atoms with E-state index < -0.39 is 0 Å². The Labute approximate surface area is 183 Å². The zero-order valence-electron chi connectivity index (χ0n) is 18.7. The highest BCUT2D eigenvalue weighted by atomic mass is 14.3. The van der Waals surface area contributed by atoms with Crippen molar-refractivity contribution in [2.45, 2.75) is 65.2 Å². The molecule has 156 valence electrons. The van der Waals surface area contributed by atoms with Gasteiger partial charge in [-0.3, -0.25) is 0 Å². The number of benzene rings is 3. The first-order valence-electron chi connectivity index (χ1n) is 12.0. The van der Waals surface area contributed by atoms with Crippen molar-refractivity contribution in [1.29, 1.82) is 0 Å². The van der Waals surface area contributed by atoms with Gasteiger partial charge >= 0.3 is 0 Å². The Balaban J connectivity index is 1.37. The molecule has 1 fully saturated rings. The van der Waals surface area contributed by atoms with Gasteiger partial charge in [-0.25, -0.2) is 0 Å². The van der Waals surface area contributed by atoms with Gasteiger partial charge in [-0.15, -0.1) is 0 Å². The van der Waals surface area contributed by atoms with Crippen LogP contribution in [-0.4, -0.2) is 0 Å². The summed E-state index contributed by atoms with van der Waals surface area (Å²) in [6, 6.07) is 22.8. The Morgan fingerprint density at radius 3 is 2.07 bits per heavy atom. The Morgan fingerprint density at radius 2 is 1.37 bits per heavy atom. The lowest BCUT2D eigenvalue weighted by Gasteiger charge is -2.28. The van der Waals surface area contributed by atoms with Crippen LogP contribution in [0.1, 0.15) is 69.9 Å². The molecule has 30 heavy (non-hydrogen) atoms. The first-order valence-corrected chi connectivity index (χ1v) is 12.0. The van der Waals surface area contributed by atoms with Crippen molar-refractivity contribution in [3.8, 4) is 11.1 Å². The van der Waals surface area contributed by atoms with Gasteiger partial charge < -0.3 is 0 Å². The minimum absolute atomic E-state index is 0.950. The van der Waals surface area contributed by atoms with Gasteiger partial charge in [0.25, 0.3) is 0 Å². The molecule has 0 N–H and O–H groups in total. The van der Waals surface area contributed by atoms with Crippen LogP contribution in [0.2, 0.25) is 0 Å². The van der Waals surface area contributed by atoms with Gasteiger partial charge in [-0.1, -0.05) is 106 Å². The van der Waals surface area contributed by atoms with Gasteiger partial charge in [0.1, 0.15) is 0 Å². The number of fused-ring (bicyclic) bond motifs is 1. The molecule has 0 aliphatic heterocycles. The zero-order chi connectivity index (χ0) is 20.8. The molecule has 3 aromatic carbocycles. The van der Waals surface area contributed by atoms with E-state index in [1.807, 2.05) is 0 Å². The Morgan fingerprint density at radius 1 is 0.733 bits per heavy atom. The van der Waals surface area contributed by atoms with E-state index in [2.05, 4.69) is 86.7 Å². The number of aryl methyl sites for hydroxylation is 1. The Bertz CT molecular complexity index is 969. The van der Waals surface area contributed by atoms with Crippen LogP contribution in [0, 0.1) is 11.8 Å². The fraction of sp³-hybridized carbons (Fsp3) is 0.400. The van der Waals surface area contributed by atoms with Crippen LogP contribution in [0.3, 0.4) is 0 Å². The maximum Gasteiger partial charge on any atom is -0.0177 e. The van der Waals surface area contributed by atoms with Crippen molar-refractivity contribution in [2.75, 3.05) is 0 Å². The Hall–Kier alpha value is -2.34. The second kappa shape index (κ2) is 10.1. The average Bonchev–Trinajstić information content (AvgIpc) is 2.79.